The van der Waals surface area contributed by atoms with Crippen molar-refractivity contribution >= 4 is 5.91 Å². The van der Waals surface area contributed by atoms with Crippen LogP contribution in [-0.2, 0) is 12.8 Å². The van der Waals surface area contributed by atoms with E-state index in [0.717, 1.165) is 12.3 Å². The molecule has 1 amide bonds. The van der Waals surface area contributed by atoms with Crippen LogP contribution in [0.25, 0.3) is 0 Å². The lowest BCUT2D eigenvalue weighted by molar-refractivity contribution is 0.0953. The fourth-order valence-corrected chi connectivity index (χ4v) is 3.91. The highest BCUT2D eigenvalue weighted by atomic mass is 16.5. The molecule has 1 fully saturated rings. The molecule has 1 aromatic carbocycles. The molecule has 156 valence electrons. The lowest BCUT2D eigenvalue weighted by Crippen LogP contribution is -2.38. The van der Waals surface area contributed by atoms with Gasteiger partial charge in [0.05, 0.1) is 12.7 Å². The summed E-state index contributed by atoms with van der Waals surface area (Å²) in [5.41, 5.74) is 3.21. The number of aromatic nitrogens is 1. The Kier molecular flexibility index (Phi) is 7.64. The number of likely N-dealkylation sites (tertiary alicyclic amines) is 1. The summed E-state index contributed by atoms with van der Waals surface area (Å²) in [6, 6.07) is 13.0. The Hall–Kier alpha value is -2.40. The summed E-state index contributed by atoms with van der Waals surface area (Å²) in [5.74, 6) is 1.20. The van der Waals surface area contributed by atoms with E-state index in [1.807, 2.05) is 0 Å². The van der Waals surface area contributed by atoms with Crippen molar-refractivity contribution in [2.45, 2.75) is 45.6 Å². The van der Waals surface area contributed by atoms with E-state index in [9.17, 15) is 4.79 Å². The number of pyridine rings is 1. The summed E-state index contributed by atoms with van der Waals surface area (Å²) in [5, 5.41) is 2.95. The number of rotatable bonds is 8. The van der Waals surface area contributed by atoms with Gasteiger partial charge in [-0.15, -0.1) is 0 Å². The average Bonchev–Trinajstić information content (AvgIpc) is 2.75. The topological polar surface area (TPSA) is 54.5 Å². The van der Waals surface area contributed by atoms with Crippen molar-refractivity contribution in [2.75, 3.05) is 26.7 Å². The number of ether oxygens (including phenoxy) is 1. The highest BCUT2D eigenvalue weighted by Gasteiger charge is 2.20. The van der Waals surface area contributed by atoms with Gasteiger partial charge in [0, 0.05) is 24.8 Å². The van der Waals surface area contributed by atoms with Crippen LogP contribution < -0.4 is 10.1 Å². The quantitative estimate of drug-likeness (QED) is 0.740. The molecule has 5 heteroatoms. The Labute approximate surface area is 174 Å². The van der Waals surface area contributed by atoms with Crippen LogP contribution >= 0.6 is 0 Å². The number of nitrogens with one attached hydrogen (secondary N) is 1. The highest BCUT2D eigenvalue weighted by Crippen LogP contribution is 2.23. The third kappa shape index (κ3) is 6.29. The zero-order valence-corrected chi connectivity index (χ0v) is 17.9. The van der Waals surface area contributed by atoms with Gasteiger partial charge in [-0.1, -0.05) is 24.3 Å². The molecule has 2 aromatic rings. The van der Waals surface area contributed by atoms with Crippen LogP contribution in [0, 0.1) is 5.92 Å². The standard InChI is InChI=1S/C24H33N3O2/c1-18(2)27-14-11-21(12-15-27)16-20-6-4-19(5-7-20)10-13-25-24(28)22-8-9-23(29-3)26-17-22/h4-9,17-18,21H,10-16H2,1-3H3,(H,25,28). The second kappa shape index (κ2) is 10.4. The Morgan fingerprint density at radius 1 is 1.14 bits per heavy atom. The summed E-state index contributed by atoms with van der Waals surface area (Å²) in [6.45, 7) is 7.64. The molecule has 0 radical (unpaired) electrons. The van der Waals surface area contributed by atoms with Crippen molar-refractivity contribution in [3.05, 3.63) is 59.3 Å². The van der Waals surface area contributed by atoms with E-state index in [4.69, 9.17) is 4.74 Å². The molecule has 1 aliphatic rings. The number of hydrogen-bond acceptors (Lipinski definition) is 4. The maximum absolute atomic E-state index is 12.2. The average molecular weight is 396 g/mol. The first-order valence-electron chi connectivity index (χ1n) is 10.6. The molecule has 1 N–H and O–H groups in total. The van der Waals surface area contributed by atoms with Crippen LogP contribution in [0.5, 0.6) is 5.88 Å². The number of piperidine rings is 1. The summed E-state index contributed by atoms with van der Waals surface area (Å²) in [7, 11) is 1.56. The lowest BCUT2D eigenvalue weighted by Gasteiger charge is -2.34. The molecule has 2 heterocycles. The van der Waals surface area contributed by atoms with Crippen molar-refractivity contribution in [2.24, 2.45) is 5.92 Å². The van der Waals surface area contributed by atoms with Gasteiger partial charge in [-0.3, -0.25) is 4.79 Å². The summed E-state index contributed by atoms with van der Waals surface area (Å²) >= 11 is 0. The monoisotopic (exact) mass is 395 g/mol. The van der Waals surface area contributed by atoms with Gasteiger partial charge in [0.25, 0.3) is 5.91 Å². The van der Waals surface area contributed by atoms with E-state index in [-0.39, 0.29) is 5.91 Å². The van der Waals surface area contributed by atoms with Crippen LogP contribution in [0.15, 0.2) is 42.6 Å². The number of carbonyl (C=O) groups excluding carboxylic acids is 1. The minimum absolute atomic E-state index is 0.107. The maximum Gasteiger partial charge on any atom is 0.252 e. The zero-order valence-electron chi connectivity index (χ0n) is 17.9. The lowest BCUT2D eigenvalue weighted by atomic mass is 9.89. The van der Waals surface area contributed by atoms with E-state index < -0.39 is 0 Å². The molecule has 0 bridgehead atoms. The van der Waals surface area contributed by atoms with Gasteiger partial charge in [-0.25, -0.2) is 4.98 Å². The number of hydrogen-bond donors (Lipinski definition) is 1. The van der Waals surface area contributed by atoms with Crippen LogP contribution in [0.1, 0.15) is 48.2 Å². The second-order valence-electron chi connectivity index (χ2n) is 8.19. The van der Waals surface area contributed by atoms with Crippen molar-refractivity contribution in [1.82, 2.24) is 15.2 Å². The fraction of sp³-hybridized carbons (Fsp3) is 0.500. The zero-order chi connectivity index (χ0) is 20.6. The minimum atomic E-state index is -0.107. The van der Waals surface area contributed by atoms with E-state index in [1.54, 1.807) is 19.2 Å². The van der Waals surface area contributed by atoms with Gasteiger partial charge in [0.1, 0.15) is 0 Å². The number of benzene rings is 1. The summed E-state index contributed by atoms with van der Waals surface area (Å²) in [6.07, 6.45) is 6.13. The second-order valence-corrected chi connectivity index (χ2v) is 8.19. The Morgan fingerprint density at radius 2 is 1.83 bits per heavy atom. The van der Waals surface area contributed by atoms with E-state index in [1.165, 1.54) is 49.7 Å². The van der Waals surface area contributed by atoms with Gasteiger partial charge in [-0.05, 0) is 75.7 Å². The molecule has 0 unspecified atom stereocenters. The normalized spacial score (nSPS) is 15.4. The first-order chi connectivity index (χ1) is 14.0. The molecule has 1 aromatic heterocycles. The SMILES string of the molecule is COc1ccc(C(=O)NCCc2ccc(CC3CCN(C(C)C)CC3)cc2)cn1. The van der Waals surface area contributed by atoms with Crippen LogP contribution in [0.4, 0.5) is 0 Å². The molecule has 5 nitrogen and oxygen atoms in total. The molecule has 0 atom stereocenters. The smallest absolute Gasteiger partial charge is 0.252 e. The van der Waals surface area contributed by atoms with Gasteiger partial charge in [0.2, 0.25) is 5.88 Å². The van der Waals surface area contributed by atoms with Crippen LogP contribution in [0.3, 0.4) is 0 Å². The van der Waals surface area contributed by atoms with Crippen LogP contribution in [0.2, 0.25) is 0 Å². The Morgan fingerprint density at radius 3 is 2.41 bits per heavy atom. The molecule has 1 aliphatic heterocycles. The highest BCUT2D eigenvalue weighted by molar-refractivity contribution is 5.93. The fourth-order valence-electron chi connectivity index (χ4n) is 3.91. The third-order valence-electron chi connectivity index (χ3n) is 5.83. The van der Waals surface area contributed by atoms with Crippen LogP contribution in [-0.4, -0.2) is 48.6 Å². The minimum Gasteiger partial charge on any atom is -0.481 e. The number of methoxy groups -OCH3 is 1. The van der Waals surface area contributed by atoms with Crippen molar-refractivity contribution in [3.8, 4) is 5.88 Å². The Balaban J connectivity index is 1.40. The molecular weight excluding hydrogens is 362 g/mol. The predicted molar refractivity (Wildman–Crippen MR) is 116 cm³/mol. The van der Waals surface area contributed by atoms with Gasteiger partial charge >= 0.3 is 0 Å². The molecule has 29 heavy (non-hydrogen) atoms. The molecule has 0 aliphatic carbocycles. The molecule has 0 spiro atoms. The van der Waals surface area contributed by atoms with Crippen molar-refractivity contribution in [1.29, 1.82) is 0 Å². The summed E-state index contributed by atoms with van der Waals surface area (Å²) in [4.78, 5) is 18.8. The number of nitrogens with zero attached hydrogens (tertiary/aromatic N) is 2. The maximum atomic E-state index is 12.2. The molecule has 0 saturated carbocycles. The molecule has 1 saturated heterocycles. The first-order valence-corrected chi connectivity index (χ1v) is 10.6. The van der Waals surface area contributed by atoms with Gasteiger partial charge < -0.3 is 15.0 Å². The first kappa shape index (κ1) is 21.3. The van der Waals surface area contributed by atoms with Crippen molar-refractivity contribution in [3.63, 3.8) is 0 Å². The van der Waals surface area contributed by atoms with E-state index in [0.29, 0.717) is 24.0 Å². The third-order valence-corrected chi connectivity index (χ3v) is 5.83. The largest absolute Gasteiger partial charge is 0.481 e. The summed E-state index contributed by atoms with van der Waals surface area (Å²) < 4.78 is 5.01. The predicted octanol–water partition coefficient (Wildman–Crippen LogP) is 3.73. The van der Waals surface area contributed by atoms with Gasteiger partial charge in [0.15, 0.2) is 0 Å². The number of carbonyl (C=O) groups is 1. The van der Waals surface area contributed by atoms with E-state index >= 15 is 0 Å². The Bertz CT molecular complexity index is 764. The van der Waals surface area contributed by atoms with Gasteiger partial charge in [-0.2, -0.15) is 0 Å². The number of amides is 1. The molecular formula is C24H33N3O2. The van der Waals surface area contributed by atoms with Crippen molar-refractivity contribution < 1.29 is 9.53 Å². The molecule has 3 rings (SSSR count). The van der Waals surface area contributed by atoms with E-state index in [2.05, 4.69) is 53.3 Å².